The van der Waals surface area contributed by atoms with Gasteiger partial charge in [0.25, 0.3) is 5.91 Å². The quantitative estimate of drug-likeness (QED) is 0.268. The molecular weight excluding hydrogens is 406 g/mol. The Morgan fingerprint density at radius 1 is 0.710 bits per heavy atom. The summed E-state index contributed by atoms with van der Waals surface area (Å²) in [6.45, 7) is 1.35. The van der Waals surface area contributed by atoms with E-state index >= 15 is 0 Å². The molecule has 0 fully saturated rings. The molecule has 0 heterocycles. The molecule has 5 aromatic carbocycles. The summed E-state index contributed by atoms with van der Waals surface area (Å²) in [5.41, 5.74) is 0.577. The minimum atomic E-state index is -1.08. The van der Waals surface area contributed by atoms with Gasteiger partial charge in [-0.05, 0) is 92.0 Å². The van der Waals surface area contributed by atoms with E-state index in [1.165, 1.54) is 17.7 Å². The van der Waals surface area contributed by atoms with Crippen LogP contribution in [0.5, 0.6) is 0 Å². The zero-order chi connectivity index (χ0) is 21.5. The van der Waals surface area contributed by atoms with Gasteiger partial charge in [-0.15, -0.1) is 4.36 Å². The molecule has 150 valence electrons. The van der Waals surface area contributed by atoms with Crippen LogP contribution in [0.3, 0.4) is 0 Å². The molecule has 5 heteroatoms. The lowest BCUT2D eigenvalue weighted by Gasteiger charge is -2.14. The maximum absolute atomic E-state index is 12.4. The summed E-state index contributed by atoms with van der Waals surface area (Å²) < 4.78 is 14.1. The van der Waals surface area contributed by atoms with Crippen LogP contribution >= 0.6 is 0 Å². The van der Waals surface area contributed by atoms with Crippen molar-refractivity contribution in [1.29, 1.82) is 0 Å². The predicted molar refractivity (Wildman–Crippen MR) is 125 cm³/mol. The van der Waals surface area contributed by atoms with E-state index in [9.17, 15) is 13.8 Å². The Labute approximate surface area is 181 Å². The van der Waals surface area contributed by atoms with Crippen LogP contribution in [0.25, 0.3) is 43.1 Å². The van der Waals surface area contributed by atoms with Crippen molar-refractivity contribution in [3.63, 3.8) is 0 Å². The van der Waals surface area contributed by atoms with Gasteiger partial charge >= 0.3 is 0 Å². The fraction of sp³-hybridized carbons (Fsp3) is 0.0769. The fourth-order valence-electron chi connectivity index (χ4n) is 4.36. The molecule has 0 spiro atoms. The highest BCUT2D eigenvalue weighted by Crippen LogP contribution is 2.33. The molecule has 1 atom stereocenters. The second-order valence-corrected chi connectivity index (χ2v) is 8.05. The number of hydrogen-bond acceptors (Lipinski definition) is 3. The Morgan fingerprint density at radius 2 is 1.23 bits per heavy atom. The minimum Gasteiger partial charge on any atom is -0.299 e. The first-order valence-electron chi connectivity index (χ1n) is 9.88. The van der Waals surface area contributed by atoms with Gasteiger partial charge in [0.15, 0.2) is 0 Å². The van der Waals surface area contributed by atoms with Crippen molar-refractivity contribution < 1.29 is 13.8 Å². The SMILES string of the molecule is CC(=O)C(C(=O)N=S=O)c1cccc2cc3cc4cc5ccccc5cc4cc3cc12. The van der Waals surface area contributed by atoms with Crippen molar-refractivity contribution in [1.82, 2.24) is 0 Å². The van der Waals surface area contributed by atoms with Crippen LogP contribution in [0.1, 0.15) is 18.4 Å². The number of hydrogen-bond donors (Lipinski definition) is 0. The standard InChI is InChI=1S/C26H17NO3S/c1-15(28)25(26(29)27-31-30)23-8-4-7-18-11-21-12-19-9-16-5-2-3-6-17(16)10-20(19)13-22(21)14-24(18)23/h2-14,25H,1H3. The zero-order valence-corrected chi connectivity index (χ0v) is 17.5. The van der Waals surface area contributed by atoms with E-state index in [0.717, 1.165) is 32.3 Å². The first kappa shape index (κ1) is 19.3. The largest absolute Gasteiger partial charge is 0.299 e. The number of fused-ring (bicyclic) bond motifs is 4. The Morgan fingerprint density at radius 3 is 1.81 bits per heavy atom. The second kappa shape index (κ2) is 7.52. The molecule has 31 heavy (non-hydrogen) atoms. The summed E-state index contributed by atoms with van der Waals surface area (Å²) in [4.78, 5) is 24.7. The van der Waals surface area contributed by atoms with Crippen molar-refractivity contribution in [3.8, 4) is 0 Å². The van der Waals surface area contributed by atoms with Crippen molar-refractivity contribution in [2.45, 2.75) is 12.8 Å². The molecule has 0 aliphatic rings. The van der Waals surface area contributed by atoms with Gasteiger partial charge in [-0.25, -0.2) is 0 Å². The van der Waals surface area contributed by atoms with Crippen LogP contribution in [0.4, 0.5) is 0 Å². The van der Waals surface area contributed by atoms with Gasteiger partial charge in [-0.3, -0.25) is 9.59 Å². The zero-order valence-electron chi connectivity index (χ0n) is 16.7. The number of Topliss-reactive ketones (excluding diaryl/α,β-unsaturated/α-hetero) is 1. The van der Waals surface area contributed by atoms with Gasteiger partial charge < -0.3 is 0 Å². The summed E-state index contributed by atoms with van der Waals surface area (Å²) in [5, 5.41) is 8.50. The average Bonchev–Trinajstić information content (AvgIpc) is 2.75. The van der Waals surface area contributed by atoms with Crippen molar-refractivity contribution in [2.75, 3.05) is 0 Å². The van der Waals surface area contributed by atoms with E-state index in [4.69, 9.17) is 0 Å². The molecule has 1 amide bonds. The number of benzene rings is 5. The van der Waals surface area contributed by atoms with Crippen molar-refractivity contribution in [3.05, 3.63) is 84.4 Å². The summed E-state index contributed by atoms with van der Waals surface area (Å²) in [7, 11) is 0. The minimum absolute atomic E-state index is 0.166. The van der Waals surface area contributed by atoms with E-state index in [1.807, 2.05) is 30.3 Å². The van der Waals surface area contributed by atoms with Gasteiger partial charge in [-0.2, -0.15) is 4.21 Å². The topological polar surface area (TPSA) is 63.6 Å². The van der Waals surface area contributed by atoms with Crippen LogP contribution in [-0.4, -0.2) is 15.9 Å². The van der Waals surface area contributed by atoms with Crippen LogP contribution in [0.2, 0.25) is 0 Å². The Bertz CT molecular complexity index is 1600. The number of ketones is 1. The third kappa shape index (κ3) is 3.33. The lowest BCUT2D eigenvalue weighted by atomic mass is 9.88. The molecule has 0 aliphatic carbocycles. The third-order valence-electron chi connectivity index (χ3n) is 5.78. The summed E-state index contributed by atoms with van der Waals surface area (Å²) in [5.74, 6) is -2.13. The lowest BCUT2D eigenvalue weighted by Crippen LogP contribution is -2.18. The number of carbonyl (C=O) groups excluding carboxylic acids is 2. The molecule has 0 bridgehead atoms. The maximum Gasteiger partial charge on any atom is 0.273 e. The molecule has 0 aromatic heterocycles. The van der Waals surface area contributed by atoms with E-state index < -0.39 is 11.8 Å². The Hall–Kier alpha value is -3.70. The van der Waals surface area contributed by atoms with Crippen LogP contribution < -0.4 is 0 Å². The summed E-state index contributed by atoms with van der Waals surface area (Å²) in [6.07, 6.45) is 0. The number of rotatable bonds is 3. The molecule has 0 saturated heterocycles. The first-order valence-corrected chi connectivity index (χ1v) is 10.6. The molecule has 0 aliphatic heterocycles. The maximum atomic E-state index is 12.4. The van der Waals surface area contributed by atoms with Crippen LogP contribution in [0.15, 0.2) is 83.2 Å². The van der Waals surface area contributed by atoms with E-state index in [1.54, 1.807) is 6.07 Å². The normalized spacial score (nSPS) is 12.3. The van der Waals surface area contributed by atoms with E-state index in [-0.39, 0.29) is 17.2 Å². The second-order valence-electron chi connectivity index (χ2n) is 7.71. The first-order chi connectivity index (χ1) is 15.0. The Balaban J connectivity index is 1.79. The lowest BCUT2D eigenvalue weighted by molar-refractivity contribution is -0.127. The number of amides is 1. The number of nitrogens with zero attached hydrogens (tertiary/aromatic N) is 1. The monoisotopic (exact) mass is 423 g/mol. The molecule has 5 rings (SSSR count). The van der Waals surface area contributed by atoms with Crippen LogP contribution in [0, 0.1) is 0 Å². The van der Waals surface area contributed by atoms with Gasteiger partial charge in [-0.1, -0.05) is 42.5 Å². The predicted octanol–water partition coefficient (Wildman–Crippen LogP) is 5.90. The highest BCUT2D eigenvalue weighted by molar-refractivity contribution is 7.55. The van der Waals surface area contributed by atoms with E-state index in [0.29, 0.717) is 5.56 Å². The van der Waals surface area contributed by atoms with Gasteiger partial charge in [0.05, 0.1) is 0 Å². The van der Waals surface area contributed by atoms with E-state index in [2.05, 4.69) is 46.8 Å². The van der Waals surface area contributed by atoms with Gasteiger partial charge in [0, 0.05) is 0 Å². The molecule has 5 aromatic rings. The fourth-order valence-corrected chi connectivity index (χ4v) is 4.54. The third-order valence-corrected chi connectivity index (χ3v) is 6.04. The molecule has 0 saturated carbocycles. The summed E-state index contributed by atoms with van der Waals surface area (Å²) in [6, 6.07) is 26.6. The average molecular weight is 423 g/mol. The van der Waals surface area contributed by atoms with Crippen molar-refractivity contribution >= 4 is 66.2 Å². The summed E-state index contributed by atoms with van der Waals surface area (Å²) >= 11 is -0.166. The van der Waals surface area contributed by atoms with Gasteiger partial charge in [0.2, 0.25) is 11.5 Å². The smallest absolute Gasteiger partial charge is 0.273 e. The highest BCUT2D eigenvalue weighted by atomic mass is 32.1. The number of carbonyl (C=O) groups is 2. The molecule has 1 unspecified atom stereocenters. The van der Waals surface area contributed by atoms with Crippen molar-refractivity contribution in [2.24, 2.45) is 4.36 Å². The van der Waals surface area contributed by atoms with Gasteiger partial charge in [0.1, 0.15) is 11.7 Å². The molecule has 0 N–H and O–H groups in total. The Kier molecular flexibility index (Phi) is 4.68. The highest BCUT2D eigenvalue weighted by Gasteiger charge is 2.27. The molecular formula is C26H17NO3S. The van der Waals surface area contributed by atoms with Crippen LogP contribution in [-0.2, 0) is 21.1 Å². The molecule has 0 radical (unpaired) electrons. The molecule has 4 nitrogen and oxygen atoms in total.